The monoisotopic (exact) mass is 218 g/mol. The number of amides is 1. The van der Waals surface area contributed by atoms with E-state index in [0.717, 1.165) is 25.3 Å². The van der Waals surface area contributed by atoms with E-state index >= 15 is 0 Å². The fourth-order valence-electron chi connectivity index (χ4n) is 1.08. The second kappa shape index (κ2) is 8.12. The van der Waals surface area contributed by atoms with Gasteiger partial charge in [0.2, 0.25) is 5.91 Å². The maximum atomic E-state index is 11.5. The van der Waals surface area contributed by atoms with Crippen molar-refractivity contribution in [3.05, 3.63) is 0 Å². The minimum atomic E-state index is 0.225. The largest absolute Gasteiger partial charge is 0.343 e. The van der Waals surface area contributed by atoms with Gasteiger partial charge in [-0.3, -0.25) is 4.79 Å². The summed E-state index contributed by atoms with van der Waals surface area (Å²) in [5.74, 6) is 1.67. The first kappa shape index (κ1) is 13.8. The Bertz CT molecular complexity index is 160. The Kier molecular flexibility index (Phi) is 7.99. The Morgan fingerprint density at radius 3 is 2.36 bits per heavy atom. The Morgan fingerprint density at radius 2 is 1.93 bits per heavy atom. The molecule has 1 unspecified atom stereocenters. The summed E-state index contributed by atoms with van der Waals surface area (Å²) < 4.78 is 0. The number of nitrogens with two attached hydrogens (primary N) is 1. The summed E-state index contributed by atoms with van der Waals surface area (Å²) in [6.45, 7) is 7.68. The molecule has 0 saturated carbocycles. The Hall–Kier alpha value is -0.220. The minimum absolute atomic E-state index is 0.225. The first-order valence-electron chi connectivity index (χ1n) is 5.26. The highest BCUT2D eigenvalue weighted by molar-refractivity contribution is 7.99. The first-order chi connectivity index (χ1) is 6.65. The molecule has 0 radical (unpaired) electrons. The van der Waals surface area contributed by atoms with Crippen LogP contribution in [-0.2, 0) is 4.79 Å². The van der Waals surface area contributed by atoms with E-state index in [-0.39, 0.29) is 11.9 Å². The quantitative estimate of drug-likeness (QED) is 0.701. The zero-order chi connectivity index (χ0) is 11.0. The molecule has 0 aliphatic carbocycles. The van der Waals surface area contributed by atoms with Crippen LogP contribution in [0.3, 0.4) is 0 Å². The summed E-state index contributed by atoms with van der Waals surface area (Å²) in [4.78, 5) is 13.4. The molecule has 0 rings (SSSR count). The van der Waals surface area contributed by atoms with Gasteiger partial charge in [-0.2, -0.15) is 11.8 Å². The smallest absolute Gasteiger partial charge is 0.232 e. The highest BCUT2D eigenvalue weighted by atomic mass is 32.2. The maximum absolute atomic E-state index is 11.5. The molecular weight excluding hydrogens is 196 g/mol. The molecule has 0 saturated heterocycles. The molecule has 0 aliphatic heterocycles. The van der Waals surface area contributed by atoms with Gasteiger partial charge in [0.05, 0.1) is 5.75 Å². The maximum Gasteiger partial charge on any atom is 0.232 e. The predicted molar refractivity (Wildman–Crippen MR) is 63.5 cm³/mol. The van der Waals surface area contributed by atoms with Gasteiger partial charge in [-0.25, -0.2) is 0 Å². The van der Waals surface area contributed by atoms with Gasteiger partial charge in [-0.15, -0.1) is 0 Å². The molecule has 1 amide bonds. The van der Waals surface area contributed by atoms with Crippen LogP contribution in [0.5, 0.6) is 0 Å². The van der Waals surface area contributed by atoms with Crippen molar-refractivity contribution in [3.8, 4) is 0 Å². The number of nitrogens with zero attached hydrogens (tertiary/aromatic N) is 1. The van der Waals surface area contributed by atoms with Crippen LogP contribution >= 0.6 is 11.8 Å². The molecule has 0 aromatic rings. The molecule has 0 bridgehead atoms. The van der Waals surface area contributed by atoms with E-state index in [1.54, 1.807) is 11.8 Å². The van der Waals surface area contributed by atoms with Crippen LogP contribution in [0.4, 0.5) is 0 Å². The van der Waals surface area contributed by atoms with Gasteiger partial charge in [-0.1, -0.05) is 6.92 Å². The summed E-state index contributed by atoms with van der Waals surface area (Å²) in [5.41, 5.74) is 5.75. The second-order valence-corrected chi connectivity index (χ2v) is 4.28. The molecule has 0 fully saturated rings. The standard InChI is InChI=1S/C10H22N2OS/c1-4-9(11)7-14-8-10(13)12(5-2)6-3/h9H,4-8,11H2,1-3H3. The molecule has 1 atom stereocenters. The molecule has 14 heavy (non-hydrogen) atoms. The molecule has 0 spiro atoms. The third kappa shape index (κ3) is 5.50. The zero-order valence-corrected chi connectivity index (χ0v) is 10.3. The van der Waals surface area contributed by atoms with Gasteiger partial charge >= 0.3 is 0 Å². The summed E-state index contributed by atoms with van der Waals surface area (Å²) in [6.07, 6.45) is 0.979. The molecule has 84 valence electrons. The summed E-state index contributed by atoms with van der Waals surface area (Å²) in [7, 11) is 0. The van der Waals surface area contributed by atoms with Crippen molar-refractivity contribution < 1.29 is 4.79 Å². The van der Waals surface area contributed by atoms with E-state index in [2.05, 4.69) is 6.92 Å². The SMILES string of the molecule is CCC(N)CSCC(=O)N(CC)CC. The van der Waals surface area contributed by atoms with Crippen LogP contribution in [0.1, 0.15) is 27.2 Å². The zero-order valence-electron chi connectivity index (χ0n) is 9.45. The average Bonchev–Trinajstić information content (AvgIpc) is 2.19. The molecule has 0 aromatic heterocycles. The highest BCUT2D eigenvalue weighted by Gasteiger charge is 2.09. The molecule has 0 aliphatic rings. The van der Waals surface area contributed by atoms with E-state index in [1.807, 2.05) is 18.7 Å². The minimum Gasteiger partial charge on any atom is -0.343 e. The van der Waals surface area contributed by atoms with E-state index < -0.39 is 0 Å². The molecule has 0 heterocycles. The van der Waals surface area contributed by atoms with Crippen molar-refractivity contribution in [1.82, 2.24) is 4.90 Å². The number of hydrogen-bond acceptors (Lipinski definition) is 3. The second-order valence-electron chi connectivity index (χ2n) is 3.25. The Labute approximate surface area is 91.4 Å². The molecule has 2 N–H and O–H groups in total. The van der Waals surface area contributed by atoms with Crippen molar-refractivity contribution in [2.24, 2.45) is 5.73 Å². The number of rotatable bonds is 7. The van der Waals surface area contributed by atoms with Crippen molar-refractivity contribution >= 4 is 17.7 Å². The third-order valence-electron chi connectivity index (χ3n) is 2.20. The van der Waals surface area contributed by atoms with E-state index in [9.17, 15) is 4.79 Å². The summed E-state index contributed by atoms with van der Waals surface area (Å²) in [5, 5.41) is 0. The van der Waals surface area contributed by atoms with Crippen LogP contribution in [0.25, 0.3) is 0 Å². The molecule has 0 aromatic carbocycles. The van der Waals surface area contributed by atoms with Crippen LogP contribution in [-0.4, -0.2) is 41.4 Å². The lowest BCUT2D eigenvalue weighted by Crippen LogP contribution is -2.32. The van der Waals surface area contributed by atoms with E-state index in [0.29, 0.717) is 5.75 Å². The van der Waals surface area contributed by atoms with Crippen LogP contribution in [0, 0.1) is 0 Å². The van der Waals surface area contributed by atoms with Gasteiger partial charge in [-0.05, 0) is 20.3 Å². The molecular formula is C10H22N2OS. The van der Waals surface area contributed by atoms with Gasteiger partial charge in [0, 0.05) is 24.9 Å². The van der Waals surface area contributed by atoms with Gasteiger partial charge in [0.15, 0.2) is 0 Å². The number of carbonyl (C=O) groups excluding carboxylic acids is 1. The fraction of sp³-hybridized carbons (Fsp3) is 0.900. The predicted octanol–water partition coefficient (Wildman–Crippen LogP) is 1.33. The van der Waals surface area contributed by atoms with Gasteiger partial charge in [0.1, 0.15) is 0 Å². The first-order valence-corrected chi connectivity index (χ1v) is 6.42. The van der Waals surface area contributed by atoms with Crippen molar-refractivity contribution in [2.45, 2.75) is 33.2 Å². The van der Waals surface area contributed by atoms with Crippen molar-refractivity contribution in [3.63, 3.8) is 0 Å². The molecule has 3 nitrogen and oxygen atoms in total. The van der Waals surface area contributed by atoms with Gasteiger partial charge < -0.3 is 10.6 Å². The number of hydrogen-bond donors (Lipinski definition) is 1. The fourth-order valence-corrected chi connectivity index (χ4v) is 2.10. The van der Waals surface area contributed by atoms with Crippen molar-refractivity contribution in [2.75, 3.05) is 24.6 Å². The van der Waals surface area contributed by atoms with E-state index in [1.165, 1.54) is 0 Å². The Morgan fingerprint density at radius 1 is 1.36 bits per heavy atom. The lowest BCUT2D eigenvalue weighted by atomic mass is 10.3. The Balaban J connectivity index is 3.62. The van der Waals surface area contributed by atoms with Crippen LogP contribution in [0.15, 0.2) is 0 Å². The number of carbonyl (C=O) groups is 1. The lowest BCUT2D eigenvalue weighted by molar-refractivity contribution is -0.127. The average molecular weight is 218 g/mol. The highest BCUT2D eigenvalue weighted by Crippen LogP contribution is 2.05. The third-order valence-corrected chi connectivity index (χ3v) is 3.31. The summed E-state index contributed by atoms with van der Waals surface area (Å²) >= 11 is 1.64. The number of thioether (sulfide) groups is 1. The lowest BCUT2D eigenvalue weighted by Gasteiger charge is -2.18. The topological polar surface area (TPSA) is 46.3 Å². The van der Waals surface area contributed by atoms with Crippen LogP contribution in [0.2, 0.25) is 0 Å². The molecule has 4 heteroatoms. The van der Waals surface area contributed by atoms with Crippen LogP contribution < -0.4 is 5.73 Å². The van der Waals surface area contributed by atoms with Crippen molar-refractivity contribution in [1.29, 1.82) is 0 Å². The van der Waals surface area contributed by atoms with Gasteiger partial charge in [0.25, 0.3) is 0 Å². The normalized spacial score (nSPS) is 12.6. The summed E-state index contributed by atoms with van der Waals surface area (Å²) in [6, 6.07) is 0.226. The van der Waals surface area contributed by atoms with E-state index in [4.69, 9.17) is 5.73 Å².